The van der Waals surface area contributed by atoms with Crippen LogP contribution in [0.5, 0.6) is 0 Å². The lowest BCUT2D eigenvalue weighted by Crippen LogP contribution is -2.22. The van der Waals surface area contributed by atoms with Crippen molar-refractivity contribution in [2.45, 2.75) is 18.4 Å². The van der Waals surface area contributed by atoms with E-state index in [9.17, 15) is 28.2 Å². The number of anilines is 1. The number of nitrogens with zero attached hydrogens (tertiary/aromatic N) is 2. The second-order valence-electron chi connectivity index (χ2n) is 8.00. The quantitative estimate of drug-likeness (QED) is 0.353. The Hall–Kier alpha value is -3.63. The number of aromatic nitrogens is 3. The number of halogens is 3. The minimum absolute atomic E-state index is 0.0860. The van der Waals surface area contributed by atoms with Gasteiger partial charge in [-0.2, -0.15) is 13.2 Å². The Kier molecular flexibility index (Phi) is 4.98. The molecule has 0 aliphatic carbocycles. The van der Waals surface area contributed by atoms with Gasteiger partial charge in [-0.05, 0) is 30.3 Å². The van der Waals surface area contributed by atoms with Crippen LogP contribution in [0.25, 0.3) is 22.6 Å². The molecule has 0 unspecified atom stereocenters. The zero-order valence-electron chi connectivity index (χ0n) is 17.1. The highest BCUT2D eigenvalue weighted by Crippen LogP contribution is 2.33. The summed E-state index contributed by atoms with van der Waals surface area (Å²) in [5.41, 5.74) is 1.29. The van der Waals surface area contributed by atoms with E-state index in [4.69, 9.17) is 0 Å². The third kappa shape index (κ3) is 3.87. The smallest absolute Gasteiger partial charge is 0.389 e. The zero-order chi connectivity index (χ0) is 23.3. The van der Waals surface area contributed by atoms with E-state index >= 15 is 0 Å². The number of benzene rings is 2. The summed E-state index contributed by atoms with van der Waals surface area (Å²) in [6.45, 7) is 0.629. The van der Waals surface area contributed by atoms with E-state index in [1.807, 2.05) is 17.0 Å². The third-order valence-electron chi connectivity index (χ3n) is 5.77. The Balaban J connectivity index is 1.43. The first kappa shape index (κ1) is 21.2. The highest BCUT2D eigenvalue weighted by atomic mass is 19.4. The summed E-state index contributed by atoms with van der Waals surface area (Å²) >= 11 is 0. The predicted molar refractivity (Wildman–Crippen MR) is 115 cm³/mol. The van der Waals surface area contributed by atoms with Gasteiger partial charge in [-0.25, -0.2) is 4.98 Å². The summed E-state index contributed by atoms with van der Waals surface area (Å²) in [4.78, 5) is 25.2. The summed E-state index contributed by atoms with van der Waals surface area (Å²) in [5, 5.41) is 19.6. The second-order valence-corrected chi connectivity index (χ2v) is 8.00. The molecular weight excluding hydrogens is 437 g/mol. The Morgan fingerprint density at radius 3 is 2.52 bits per heavy atom. The first-order chi connectivity index (χ1) is 15.7. The number of aliphatic hydroxyl groups is 2. The molecule has 0 radical (unpaired) electrons. The van der Waals surface area contributed by atoms with Gasteiger partial charge in [0.15, 0.2) is 11.6 Å². The molecule has 1 saturated heterocycles. The normalized spacial score (nSPS) is 18.9. The van der Waals surface area contributed by atoms with Crippen molar-refractivity contribution in [2.75, 3.05) is 18.0 Å². The summed E-state index contributed by atoms with van der Waals surface area (Å²) in [5.74, 6) is -0.318. The van der Waals surface area contributed by atoms with Gasteiger partial charge in [0, 0.05) is 36.1 Å². The number of β-amino-alcohol motifs (C(OH)–C–C–N with tert-alkyl or cyclic N) is 2. The monoisotopic (exact) mass is 456 g/mol. The van der Waals surface area contributed by atoms with E-state index in [1.165, 1.54) is 24.4 Å². The molecule has 10 heteroatoms. The first-order valence-corrected chi connectivity index (χ1v) is 10.2. The van der Waals surface area contributed by atoms with Crippen LogP contribution in [-0.2, 0) is 6.18 Å². The number of aromatic amines is 2. The number of carbonyl (C=O) groups excluding carboxylic acids is 1. The number of ketones is 1. The summed E-state index contributed by atoms with van der Waals surface area (Å²) in [6, 6.07) is 11.6. The largest absolute Gasteiger partial charge is 0.417 e. The van der Waals surface area contributed by atoms with Crippen molar-refractivity contribution in [3.05, 3.63) is 71.4 Å². The highest BCUT2D eigenvalue weighted by Gasteiger charge is 2.35. The number of imidazole rings is 1. The zero-order valence-corrected chi connectivity index (χ0v) is 17.1. The van der Waals surface area contributed by atoms with Crippen LogP contribution in [0.2, 0.25) is 0 Å². The summed E-state index contributed by atoms with van der Waals surface area (Å²) < 4.78 is 39.9. The molecule has 33 heavy (non-hydrogen) atoms. The van der Waals surface area contributed by atoms with Gasteiger partial charge in [0.2, 0.25) is 0 Å². The molecule has 4 N–H and O–H groups in total. The molecule has 7 nitrogen and oxygen atoms in total. The van der Waals surface area contributed by atoms with Crippen molar-refractivity contribution in [3.63, 3.8) is 0 Å². The molecule has 170 valence electrons. The lowest BCUT2D eigenvalue weighted by atomic mass is 9.99. The fourth-order valence-corrected chi connectivity index (χ4v) is 4.05. The molecule has 0 spiro atoms. The van der Waals surface area contributed by atoms with Gasteiger partial charge in [-0.1, -0.05) is 18.2 Å². The molecule has 0 bridgehead atoms. The molecule has 3 heterocycles. The predicted octanol–water partition coefficient (Wildman–Crippen LogP) is 3.35. The minimum Gasteiger partial charge on any atom is -0.389 e. The Bertz CT molecular complexity index is 1330. The maximum atomic E-state index is 13.3. The van der Waals surface area contributed by atoms with Crippen LogP contribution in [0.3, 0.4) is 0 Å². The average Bonchev–Trinajstić information content (AvgIpc) is 3.50. The highest BCUT2D eigenvalue weighted by molar-refractivity contribution is 6.10. The van der Waals surface area contributed by atoms with Crippen molar-refractivity contribution in [3.8, 4) is 11.5 Å². The number of nitrogens with one attached hydrogen (secondary N) is 2. The molecule has 1 aliphatic rings. The lowest BCUT2D eigenvalue weighted by molar-refractivity contribution is -0.137. The topological polar surface area (TPSA) is 105 Å². The molecular formula is C23H19F3N4O3. The van der Waals surface area contributed by atoms with Crippen LogP contribution >= 0.6 is 0 Å². The standard InChI is InChI=1S/C23H19F3N4O3/c24-23(25,26)15-4-2-1-3-14(15)21(33)12-7-18(27-9-12)22-28-16-6-5-13(8-17(16)29-22)30-10-19(31)20(32)11-30/h1-9,19-20,27,31-32H,10-11H2,(H,28,29)/t19-,20-/m1/s1. The molecule has 1 fully saturated rings. The summed E-state index contributed by atoms with van der Waals surface area (Å²) in [7, 11) is 0. The molecule has 0 saturated carbocycles. The van der Waals surface area contributed by atoms with Crippen molar-refractivity contribution in [2.24, 2.45) is 0 Å². The molecule has 2 aromatic heterocycles. The Labute approximate surface area is 185 Å². The number of rotatable bonds is 4. The van der Waals surface area contributed by atoms with Crippen molar-refractivity contribution in [1.82, 2.24) is 15.0 Å². The third-order valence-corrected chi connectivity index (χ3v) is 5.77. The number of fused-ring (bicyclic) bond motifs is 1. The van der Waals surface area contributed by atoms with Gasteiger partial charge < -0.3 is 25.1 Å². The number of aliphatic hydroxyl groups excluding tert-OH is 2. The van der Waals surface area contributed by atoms with Gasteiger partial charge in [-0.15, -0.1) is 0 Å². The number of hydrogen-bond acceptors (Lipinski definition) is 5. The SMILES string of the molecule is O=C(c1c[nH]c(-c2nc3ccc(N4C[C@@H](O)[C@H](O)C4)cc3[nH]2)c1)c1ccccc1C(F)(F)F. The fourth-order valence-electron chi connectivity index (χ4n) is 4.05. The number of alkyl halides is 3. The van der Waals surface area contributed by atoms with E-state index in [2.05, 4.69) is 15.0 Å². The van der Waals surface area contributed by atoms with Crippen LogP contribution in [0, 0.1) is 0 Å². The van der Waals surface area contributed by atoms with Crippen LogP contribution in [0.4, 0.5) is 18.9 Å². The van der Waals surface area contributed by atoms with E-state index in [0.29, 0.717) is 35.6 Å². The minimum atomic E-state index is -4.64. The van der Waals surface area contributed by atoms with Crippen molar-refractivity contribution >= 4 is 22.5 Å². The number of hydrogen-bond donors (Lipinski definition) is 4. The average molecular weight is 456 g/mol. The van der Waals surface area contributed by atoms with E-state index in [-0.39, 0.29) is 5.56 Å². The lowest BCUT2D eigenvalue weighted by Gasteiger charge is -2.17. The second kappa shape index (κ2) is 7.75. The molecule has 5 rings (SSSR count). The van der Waals surface area contributed by atoms with Crippen molar-refractivity contribution < 1.29 is 28.2 Å². The maximum Gasteiger partial charge on any atom is 0.417 e. The number of H-pyrrole nitrogens is 2. The van der Waals surface area contributed by atoms with Crippen LogP contribution in [0.1, 0.15) is 21.5 Å². The van der Waals surface area contributed by atoms with Gasteiger partial charge in [0.1, 0.15) is 0 Å². The Morgan fingerprint density at radius 1 is 1.06 bits per heavy atom. The molecule has 1 aliphatic heterocycles. The van der Waals surface area contributed by atoms with Gasteiger partial charge in [-0.3, -0.25) is 4.79 Å². The maximum absolute atomic E-state index is 13.3. The van der Waals surface area contributed by atoms with E-state index in [1.54, 1.807) is 6.07 Å². The van der Waals surface area contributed by atoms with E-state index in [0.717, 1.165) is 17.8 Å². The Morgan fingerprint density at radius 2 is 1.79 bits per heavy atom. The molecule has 0 amide bonds. The van der Waals surface area contributed by atoms with Crippen LogP contribution in [0.15, 0.2) is 54.7 Å². The van der Waals surface area contributed by atoms with Crippen LogP contribution < -0.4 is 4.90 Å². The molecule has 2 atom stereocenters. The summed E-state index contributed by atoms with van der Waals surface area (Å²) in [6.07, 6.45) is -4.90. The van der Waals surface area contributed by atoms with Gasteiger partial charge in [0.25, 0.3) is 0 Å². The molecule has 2 aromatic carbocycles. The van der Waals surface area contributed by atoms with Crippen LogP contribution in [-0.4, -0.2) is 56.2 Å². The first-order valence-electron chi connectivity index (χ1n) is 10.2. The fraction of sp³-hybridized carbons (Fsp3) is 0.217. The van der Waals surface area contributed by atoms with Gasteiger partial charge in [0.05, 0.1) is 34.5 Å². The van der Waals surface area contributed by atoms with E-state index < -0.39 is 35.3 Å². The van der Waals surface area contributed by atoms with Crippen molar-refractivity contribution in [1.29, 1.82) is 0 Å². The molecule has 4 aromatic rings. The number of carbonyl (C=O) groups is 1. The van der Waals surface area contributed by atoms with Gasteiger partial charge >= 0.3 is 6.18 Å².